The SMILES string of the molecule is Cc1nc(C(=O)N(Cc2ccc(N3CCOCC3)nc2)c2ccc(F)cc2)cn1Cc1ccccc1. The molecule has 1 aliphatic rings. The number of imidazole rings is 1. The van der Waals surface area contributed by atoms with E-state index in [0.29, 0.717) is 31.1 Å². The van der Waals surface area contributed by atoms with Gasteiger partial charge < -0.3 is 19.1 Å². The summed E-state index contributed by atoms with van der Waals surface area (Å²) in [4.78, 5) is 26.6. The largest absolute Gasteiger partial charge is 0.378 e. The Kier molecular flexibility index (Phi) is 7.04. The second kappa shape index (κ2) is 10.7. The van der Waals surface area contributed by atoms with E-state index in [1.165, 1.54) is 12.1 Å². The summed E-state index contributed by atoms with van der Waals surface area (Å²) in [7, 11) is 0. The zero-order valence-electron chi connectivity index (χ0n) is 20.2. The molecule has 2 aromatic heterocycles. The van der Waals surface area contributed by atoms with Gasteiger partial charge in [0.1, 0.15) is 23.2 Å². The zero-order valence-corrected chi connectivity index (χ0v) is 20.2. The average molecular weight is 486 g/mol. The Morgan fingerprint density at radius 1 is 1.00 bits per heavy atom. The van der Waals surface area contributed by atoms with Crippen LogP contribution in [0.15, 0.2) is 79.1 Å². The number of nitrogens with zero attached hydrogens (tertiary/aromatic N) is 5. The summed E-state index contributed by atoms with van der Waals surface area (Å²) in [5.41, 5.74) is 2.92. The smallest absolute Gasteiger partial charge is 0.278 e. The topological polar surface area (TPSA) is 63.5 Å². The van der Waals surface area contributed by atoms with Gasteiger partial charge in [0.2, 0.25) is 0 Å². The molecule has 2 aromatic carbocycles. The molecule has 0 atom stereocenters. The van der Waals surface area contributed by atoms with Crippen LogP contribution in [0.2, 0.25) is 0 Å². The van der Waals surface area contributed by atoms with Crippen molar-refractivity contribution in [1.29, 1.82) is 0 Å². The molecule has 0 N–H and O–H groups in total. The number of benzene rings is 2. The van der Waals surface area contributed by atoms with Crippen molar-refractivity contribution in [2.45, 2.75) is 20.0 Å². The van der Waals surface area contributed by atoms with Gasteiger partial charge in [-0.3, -0.25) is 4.79 Å². The lowest BCUT2D eigenvalue weighted by atomic mass is 10.2. The predicted octanol–water partition coefficient (Wildman–Crippen LogP) is 4.46. The molecule has 36 heavy (non-hydrogen) atoms. The first-order valence-electron chi connectivity index (χ1n) is 12.0. The molecule has 1 aliphatic heterocycles. The maximum absolute atomic E-state index is 13.7. The first-order valence-corrected chi connectivity index (χ1v) is 12.0. The zero-order chi connectivity index (χ0) is 24.9. The Labute approximate surface area is 209 Å². The Morgan fingerprint density at radius 2 is 1.75 bits per heavy atom. The highest BCUT2D eigenvalue weighted by Crippen LogP contribution is 2.22. The van der Waals surface area contributed by atoms with Gasteiger partial charge in [0.05, 0.1) is 19.8 Å². The average Bonchev–Trinajstić information content (AvgIpc) is 3.29. The summed E-state index contributed by atoms with van der Waals surface area (Å²) >= 11 is 0. The van der Waals surface area contributed by atoms with Crippen LogP contribution in [-0.4, -0.2) is 46.7 Å². The van der Waals surface area contributed by atoms with Crippen molar-refractivity contribution in [3.8, 4) is 0 Å². The monoisotopic (exact) mass is 485 g/mol. The van der Waals surface area contributed by atoms with Crippen LogP contribution in [0, 0.1) is 12.7 Å². The van der Waals surface area contributed by atoms with E-state index in [-0.39, 0.29) is 18.3 Å². The first-order chi connectivity index (χ1) is 17.6. The van der Waals surface area contributed by atoms with E-state index in [1.54, 1.807) is 29.4 Å². The lowest BCUT2D eigenvalue weighted by molar-refractivity contribution is 0.0980. The summed E-state index contributed by atoms with van der Waals surface area (Å²) in [6, 6.07) is 19.9. The minimum absolute atomic E-state index is 0.256. The number of halogens is 1. The number of aromatic nitrogens is 3. The number of anilines is 2. The van der Waals surface area contributed by atoms with Gasteiger partial charge >= 0.3 is 0 Å². The summed E-state index contributed by atoms with van der Waals surface area (Å²) in [6.07, 6.45) is 3.56. The maximum Gasteiger partial charge on any atom is 0.278 e. The van der Waals surface area contributed by atoms with Crippen molar-refractivity contribution in [3.05, 3.63) is 108 Å². The van der Waals surface area contributed by atoms with E-state index >= 15 is 0 Å². The number of hydrogen-bond acceptors (Lipinski definition) is 5. The third-order valence-electron chi connectivity index (χ3n) is 6.26. The molecule has 1 amide bonds. The van der Waals surface area contributed by atoms with Crippen LogP contribution in [0.25, 0.3) is 0 Å². The molecular formula is C28H28FN5O2. The van der Waals surface area contributed by atoms with Crippen molar-refractivity contribution in [1.82, 2.24) is 14.5 Å². The minimum Gasteiger partial charge on any atom is -0.378 e. The summed E-state index contributed by atoms with van der Waals surface area (Å²) < 4.78 is 21.0. The first kappa shape index (κ1) is 23.7. The molecule has 1 fully saturated rings. The normalized spacial score (nSPS) is 13.6. The Bertz CT molecular complexity index is 1300. The van der Waals surface area contributed by atoms with Crippen LogP contribution < -0.4 is 9.80 Å². The molecule has 5 rings (SSSR count). The number of rotatable bonds is 7. The second-order valence-electron chi connectivity index (χ2n) is 8.78. The van der Waals surface area contributed by atoms with Crippen LogP contribution in [0.3, 0.4) is 0 Å². The van der Waals surface area contributed by atoms with E-state index in [2.05, 4.69) is 14.9 Å². The molecule has 0 unspecified atom stereocenters. The molecule has 0 bridgehead atoms. The highest BCUT2D eigenvalue weighted by Gasteiger charge is 2.22. The van der Waals surface area contributed by atoms with Crippen molar-refractivity contribution in [2.75, 3.05) is 36.1 Å². The van der Waals surface area contributed by atoms with E-state index in [1.807, 2.05) is 54.0 Å². The van der Waals surface area contributed by atoms with Crippen molar-refractivity contribution in [2.24, 2.45) is 0 Å². The molecule has 3 heterocycles. The van der Waals surface area contributed by atoms with E-state index in [0.717, 1.165) is 35.9 Å². The minimum atomic E-state index is -0.356. The molecule has 0 saturated carbocycles. The number of pyridine rings is 1. The van der Waals surface area contributed by atoms with Crippen molar-refractivity contribution < 1.29 is 13.9 Å². The highest BCUT2D eigenvalue weighted by atomic mass is 19.1. The fraction of sp³-hybridized carbons (Fsp3) is 0.250. The fourth-order valence-electron chi connectivity index (χ4n) is 4.26. The molecule has 0 spiro atoms. The Balaban J connectivity index is 1.39. The van der Waals surface area contributed by atoms with Crippen LogP contribution in [0.4, 0.5) is 15.9 Å². The van der Waals surface area contributed by atoms with Crippen LogP contribution >= 0.6 is 0 Å². The quantitative estimate of drug-likeness (QED) is 0.387. The lowest BCUT2D eigenvalue weighted by Crippen LogP contribution is -2.36. The van der Waals surface area contributed by atoms with Gasteiger partial charge in [-0.2, -0.15) is 0 Å². The third-order valence-corrected chi connectivity index (χ3v) is 6.26. The number of morpholine rings is 1. The standard InChI is InChI=1S/C28H28FN5O2/c1-21-31-26(20-33(21)18-22-5-3-2-4-6-22)28(35)34(25-10-8-24(29)9-11-25)19-23-7-12-27(30-17-23)32-13-15-36-16-14-32/h2-12,17,20H,13-16,18-19H2,1H3. The van der Waals surface area contributed by atoms with Gasteiger partial charge in [-0.05, 0) is 48.4 Å². The molecule has 8 heteroatoms. The molecule has 1 saturated heterocycles. The van der Waals surface area contributed by atoms with Crippen LogP contribution in [-0.2, 0) is 17.8 Å². The highest BCUT2D eigenvalue weighted by molar-refractivity contribution is 6.04. The third kappa shape index (κ3) is 5.44. The summed E-state index contributed by atoms with van der Waals surface area (Å²) in [5.74, 6) is 1.02. The Hall–Kier alpha value is -4.04. The Morgan fingerprint density at radius 3 is 2.44 bits per heavy atom. The lowest BCUT2D eigenvalue weighted by Gasteiger charge is -2.28. The molecule has 0 aliphatic carbocycles. The molecule has 7 nitrogen and oxygen atoms in total. The van der Waals surface area contributed by atoms with Gasteiger partial charge in [-0.25, -0.2) is 14.4 Å². The molecular weight excluding hydrogens is 457 g/mol. The van der Waals surface area contributed by atoms with E-state index in [9.17, 15) is 9.18 Å². The van der Waals surface area contributed by atoms with Gasteiger partial charge in [0, 0.05) is 37.7 Å². The summed E-state index contributed by atoms with van der Waals surface area (Å²) in [6.45, 7) is 5.77. The van der Waals surface area contributed by atoms with Gasteiger partial charge in [-0.1, -0.05) is 36.4 Å². The van der Waals surface area contributed by atoms with Crippen LogP contribution in [0.1, 0.15) is 27.4 Å². The molecule has 184 valence electrons. The number of aryl methyl sites for hydroxylation is 1. The van der Waals surface area contributed by atoms with Gasteiger partial charge in [-0.15, -0.1) is 0 Å². The number of amides is 1. The second-order valence-corrected chi connectivity index (χ2v) is 8.78. The fourth-order valence-corrected chi connectivity index (χ4v) is 4.26. The maximum atomic E-state index is 13.7. The van der Waals surface area contributed by atoms with Gasteiger partial charge in [0.15, 0.2) is 0 Å². The predicted molar refractivity (Wildman–Crippen MR) is 137 cm³/mol. The number of carbonyl (C=O) groups is 1. The molecule has 4 aromatic rings. The van der Waals surface area contributed by atoms with Crippen molar-refractivity contribution in [3.63, 3.8) is 0 Å². The number of carbonyl (C=O) groups excluding carboxylic acids is 1. The summed E-state index contributed by atoms with van der Waals surface area (Å²) in [5, 5.41) is 0. The number of hydrogen-bond donors (Lipinski definition) is 0. The van der Waals surface area contributed by atoms with E-state index < -0.39 is 0 Å². The van der Waals surface area contributed by atoms with Gasteiger partial charge in [0.25, 0.3) is 5.91 Å². The molecule has 0 radical (unpaired) electrons. The van der Waals surface area contributed by atoms with E-state index in [4.69, 9.17) is 4.74 Å². The van der Waals surface area contributed by atoms with Crippen LogP contribution in [0.5, 0.6) is 0 Å². The van der Waals surface area contributed by atoms with Crippen molar-refractivity contribution >= 4 is 17.4 Å². The number of ether oxygens (including phenoxy) is 1.